The molecule has 3 rings (SSSR count). The Hall–Kier alpha value is -1.96. The van der Waals surface area contributed by atoms with Crippen molar-refractivity contribution in [2.75, 3.05) is 11.9 Å². The predicted octanol–water partition coefficient (Wildman–Crippen LogP) is 4.43. The minimum absolute atomic E-state index is 0.0954. The Morgan fingerprint density at radius 1 is 1.10 bits per heavy atom. The van der Waals surface area contributed by atoms with E-state index < -0.39 is 0 Å². The lowest BCUT2D eigenvalue weighted by atomic mass is 10.00. The largest absolute Gasteiger partial charge is 0.482 e. The highest BCUT2D eigenvalue weighted by Crippen LogP contribution is 2.33. The molecule has 2 heteroatoms. The van der Waals surface area contributed by atoms with Crippen molar-refractivity contribution in [3.8, 4) is 5.75 Å². The number of nitrogens with one attached hydrogen (secondary N) is 1. The smallest absolute Gasteiger partial charge is 0.143 e. The van der Waals surface area contributed by atoms with Gasteiger partial charge in [0.1, 0.15) is 11.9 Å². The van der Waals surface area contributed by atoms with Gasteiger partial charge in [-0.3, -0.25) is 0 Å². The zero-order valence-corrected chi connectivity index (χ0v) is 12.1. The summed E-state index contributed by atoms with van der Waals surface area (Å²) in [6, 6.07) is 16.9. The number of para-hydroxylation sites is 2. The van der Waals surface area contributed by atoms with E-state index in [1.165, 1.54) is 11.1 Å². The van der Waals surface area contributed by atoms with Crippen molar-refractivity contribution in [3.63, 3.8) is 0 Å². The minimum Gasteiger partial charge on any atom is -0.482 e. The number of benzene rings is 2. The molecule has 0 saturated heterocycles. The molecule has 1 atom stereocenters. The molecule has 2 nitrogen and oxygen atoms in total. The summed E-state index contributed by atoms with van der Waals surface area (Å²) in [5.74, 6) is 1.63. The maximum Gasteiger partial charge on any atom is 0.143 e. The number of anilines is 1. The monoisotopic (exact) mass is 267 g/mol. The fourth-order valence-corrected chi connectivity index (χ4v) is 2.64. The van der Waals surface area contributed by atoms with Crippen LogP contribution in [0, 0.1) is 5.92 Å². The van der Waals surface area contributed by atoms with Gasteiger partial charge in [0.2, 0.25) is 0 Å². The molecule has 0 aliphatic carbocycles. The maximum atomic E-state index is 6.08. The molecule has 20 heavy (non-hydrogen) atoms. The molecule has 0 aromatic heterocycles. The third-order valence-electron chi connectivity index (χ3n) is 3.63. The summed E-state index contributed by atoms with van der Waals surface area (Å²) >= 11 is 0. The second-order valence-corrected chi connectivity index (χ2v) is 5.82. The summed E-state index contributed by atoms with van der Waals surface area (Å²) in [7, 11) is 0. The molecule has 1 aliphatic heterocycles. The highest BCUT2D eigenvalue weighted by Gasteiger charge is 2.20. The van der Waals surface area contributed by atoms with Crippen LogP contribution < -0.4 is 10.1 Å². The number of fused-ring (bicyclic) bond motifs is 1. The predicted molar refractivity (Wildman–Crippen MR) is 83.3 cm³/mol. The molecule has 0 fully saturated rings. The van der Waals surface area contributed by atoms with Gasteiger partial charge in [-0.25, -0.2) is 0 Å². The van der Waals surface area contributed by atoms with Gasteiger partial charge in [-0.15, -0.1) is 0 Å². The van der Waals surface area contributed by atoms with Crippen LogP contribution in [-0.4, -0.2) is 6.54 Å². The van der Waals surface area contributed by atoms with E-state index in [2.05, 4.69) is 49.5 Å². The number of ether oxygens (including phenoxy) is 1. The molecule has 0 radical (unpaired) electrons. The zero-order chi connectivity index (χ0) is 13.9. The van der Waals surface area contributed by atoms with Gasteiger partial charge in [-0.2, -0.15) is 0 Å². The lowest BCUT2D eigenvalue weighted by Gasteiger charge is -2.27. The van der Waals surface area contributed by atoms with Crippen LogP contribution in [0.1, 0.15) is 31.1 Å². The Kier molecular flexibility index (Phi) is 3.64. The molecular formula is C18H21NO. The summed E-state index contributed by atoms with van der Waals surface area (Å²) in [4.78, 5) is 0. The fourth-order valence-electron chi connectivity index (χ4n) is 2.64. The molecule has 1 unspecified atom stereocenters. The minimum atomic E-state index is 0.0954. The first-order chi connectivity index (χ1) is 9.72. The molecule has 0 bridgehead atoms. The Morgan fingerprint density at radius 2 is 1.85 bits per heavy atom. The van der Waals surface area contributed by atoms with Crippen LogP contribution in [0.5, 0.6) is 5.75 Å². The summed E-state index contributed by atoms with van der Waals surface area (Å²) in [6.45, 7) is 5.32. The zero-order valence-electron chi connectivity index (χ0n) is 12.1. The molecule has 2 aromatic rings. The molecule has 0 amide bonds. The molecule has 1 N–H and O–H groups in total. The summed E-state index contributed by atoms with van der Waals surface area (Å²) in [6.07, 6.45) is 1.23. The Balaban J connectivity index is 1.74. The van der Waals surface area contributed by atoms with Crippen LogP contribution in [-0.2, 0) is 6.42 Å². The van der Waals surface area contributed by atoms with Crippen LogP contribution in [0.4, 0.5) is 5.69 Å². The molecule has 1 aliphatic rings. The van der Waals surface area contributed by atoms with E-state index in [1.807, 2.05) is 18.2 Å². The van der Waals surface area contributed by atoms with E-state index in [0.29, 0.717) is 5.92 Å². The highest BCUT2D eigenvalue weighted by atomic mass is 16.5. The number of hydrogen-bond acceptors (Lipinski definition) is 2. The average Bonchev–Trinajstić information content (AvgIpc) is 2.47. The average molecular weight is 267 g/mol. The van der Waals surface area contributed by atoms with Crippen LogP contribution in [0.2, 0.25) is 0 Å². The van der Waals surface area contributed by atoms with Gasteiger partial charge in [-0.05, 0) is 35.6 Å². The Labute approximate surface area is 120 Å². The van der Waals surface area contributed by atoms with Gasteiger partial charge >= 0.3 is 0 Å². The van der Waals surface area contributed by atoms with Crippen LogP contribution >= 0.6 is 0 Å². The second kappa shape index (κ2) is 5.58. The van der Waals surface area contributed by atoms with Crippen LogP contribution in [0.25, 0.3) is 0 Å². The van der Waals surface area contributed by atoms with Crippen molar-refractivity contribution in [1.82, 2.24) is 0 Å². The molecule has 0 saturated carbocycles. The van der Waals surface area contributed by atoms with Gasteiger partial charge < -0.3 is 10.1 Å². The Bertz CT molecular complexity index is 574. The summed E-state index contributed by atoms with van der Waals surface area (Å²) in [5, 5.41) is 3.43. The van der Waals surface area contributed by atoms with Crippen molar-refractivity contribution in [2.24, 2.45) is 5.92 Å². The lowest BCUT2D eigenvalue weighted by Crippen LogP contribution is -2.23. The van der Waals surface area contributed by atoms with Crippen molar-refractivity contribution in [2.45, 2.75) is 26.4 Å². The van der Waals surface area contributed by atoms with Crippen LogP contribution in [0.15, 0.2) is 48.5 Å². The second-order valence-electron chi connectivity index (χ2n) is 5.82. The quantitative estimate of drug-likeness (QED) is 0.888. The van der Waals surface area contributed by atoms with Crippen LogP contribution in [0.3, 0.4) is 0 Å². The van der Waals surface area contributed by atoms with E-state index in [1.54, 1.807) is 0 Å². The van der Waals surface area contributed by atoms with E-state index in [4.69, 9.17) is 4.74 Å². The van der Waals surface area contributed by atoms with Gasteiger partial charge in [0, 0.05) is 0 Å². The molecule has 2 aromatic carbocycles. The molecule has 1 heterocycles. The molecule has 104 valence electrons. The third-order valence-corrected chi connectivity index (χ3v) is 3.63. The van der Waals surface area contributed by atoms with Crippen molar-refractivity contribution >= 4 is 5.69 Å². The third kappa shape index (κ3) is 2.79. The first-order valence-corrected chi connectivity index (χ1v) is 7.31. The normalized spacial score (nSPS) is 17.2. The summed E-state index contributed by atoms with van der Waals surface area (Å²) in [5.41, 5.74) is 3.72. The highest BCUT2D eigenvalue weighted by molar-refractivity contribution is 5.58. The first kappa shape index (κ1) is 13.0. The van der Waals surface area contributed by atoms with Crippen molar-refractivity contribution in [3.05, 3.63) is 59.7 Å². The van der Waals surface area contributed by atoms with Gasteiger partial charge in [0.15, 0.2) is 0 Å². The standard InChI is InChI=1S/C18H21NO/c1-13(2)11-14-7-9-15(10-8-14)18-12-19-16-5-3-4-6-17(16)20-18/h3-10,13,18-19H,11-12H2,1-2H3. The maximum absolute atomic E-state index is 6.08. The van der Waals surface area contributed by atoms with E-state index in [9.17, 15) is 0 Å². The fraction of sp³-hybridized carbons (Fsp3) is 0.333. The topological polar surface area (TPSA) is 21.3 Å². The van der Waals surface area contributed by atoms with Gasteiger partial charge in [0.05, 0.1) is 12.2 Å². The van der Waals surface area contributed by atoms with E-state index in [-0.39, 0.29) is 6.10 Å². The number of hydrogen-bond donors (Lipinski definition) is 1. The number of rotatable bonds is 3. The Morgan fingerprint density at radius 3 is 2.60 bits per heavy atom. The van der Waals surface area contributed by atoms with E-state index >= 15 is 0 Å². The van der Waals surface area contributed by atoms with Crippen molar-refractivity contribution < 1.29 is 4.74 Å². The summed E-state index contributed by atoms with van der Waals surface area (Å²) < 4.78 is 6.08. The van der Waals surface area contributed by atoms with Gasteiger partial charge in [0.25, 0.3) is 0 Å². The van der Waals surface area contributed by atoms with E-state index in [0.717, 1.165) is 24.4 Å². The first-order valence-electron chi connectivity index (χ1n) is 7.31. The van der Waals surface area contributed by atoms with Gasteiger partial charge in [-0.1, -0.05) is 50.2 Å². The SMILES string of the molecule is CC(C)Cc1ccc(C2CNc3ccccc3O2)cc1. The molecule has 0 spiro atoms. The lowest BCUT2D eigenvalue weighted by molar-refractivity contribution is 0.210. The van der Waals surface area contributed by atoms with Crippen molar-refractivity contribution in [1.29, 1.82) is 0 Å². The molecular weight excluding hydrogens is 246 g/mol.